The molecule has 0 N–H and O–H groups in total. The van der Waals surface area contributed by atoms with Crippen LogP contribution in [0.5, 0.6) is 0 Å². The number of rotatable bonds is 10. The highest BCUT2D eigenvalue weighted by molar-refractivity contribution is 5.88. The Hall–Kier alpha value is -3.32. The van der Waals surface area contributed by atoms with Crippen LogP contribution >= 0.6 is 0 Å². The number of esters is 2. The van der Waals surface area contributed by atoms with Crippen molar-refractivity contribution in [1.29, 1.82) is 0 Å². The van der Waals surface area contributed by atoms with Crippen LogP contribution in [0.15, 0.2) is 47.6 Å². The summed E-state index contributed by atoms with van der Waals surface area (Å²) in [5.74, 6) is -2.18. The summed E-state index contributed by atoms with van der Waals surface area (Å²) in [6.07, 6.45) is 14.3. The van der Waals surface area contributed by atoms with Crippen molar-refractivity contribution in [1.82, 2.24) is 9.80 Å². The Labute approximate surface area is 348 Å². The molecule has 2 unspecified atom stereocenters. The Bertz CT molecular complexity index is 1530. The van der Waals surface area contributed by atoms with E-state index in [1.54, 1.807) is 24.0 Å². The number of fused-ring (bicyclic) bond motifs is 2. The zero-order valence-corrected chi connectivity index (χ0v) is 35.3. The van der Waals surface area contributed by atoms with Gasteiger partial charge in [-0.25, -0.2) is 4.79 Å². The molecule has 12 nitrogen and oxygen atoms in total. The van der Waals surface area contributed by atoms with Crippen LogP contribution in [0.1, 0.15) is 123 Å². The van der Waals surface area contributed by atoms with E-state index in [0.717, 1.165) is 36.8 Å². The highest BCUT2D eigenvalue weighted by atomic mass is 16.7. The molecule has 6 rings (SSSR count). The van der Waals surface area contributed by atoms with E-state index in [2.05, 4.69) is 39.8 Å². The number of ether oxygens (including phenoxy) is 6. The summed E-state index contributed by atoms with van der Waals surface area (Å²) in [7, 11) is 0. The fraction of sp³-hybridized carbons (Fsp3) is 0.739. The van der Waals surface area contributed by atoms with E-state index in [9.17, 15) is 19.2 Å². The molecule has 12 heteroatoms. The van der Waals surface area contributed by atoms with E-state index in [1.165, 1.54) is 12.2 Å². The second-order valence-electron chi connectivity index (χ2n) is 17.2. The van der Waals surface area contributed by atoms with Crippen molar-refractivity contribution >= 4 is 23.8 Å². The molecule has 1 saturated carbocycles. The average Bonchev–Trinajstić information content (AvgIpc) is 3.84. The highest BCUT2D eigenvalue weighted by Crippen LogP contribution is 2.53. The third-order valence-corrected chi connectivity index (χ3v) is 11.9. The third-order valence-electron chi connectivity index (χ3n) is 11.9. The molecule has 4 fully saturated rings. The number of allylic oxidation sites excluding steroid dienone is 2. The maximum Gasteiger partial charge on any atom is 0.331 e. The largest absolute Gasteiger partial charge is 0.462 e. The van der Waals surface area contributed by atoms with Gasteiger partial charge in [-0.2, -0.15) is 0 Å². The van der Waals surface area contributed by atoms with Crippen LogP contribution in [0.3, 0.4) is 0 Å². The van der Waals surface area contributed by atoms with Gasteiger partial charge >= 0.3 is 11.9 Å². The predicted molar refractivity (Wildman–Crippen MR) is 224 cm³/mol. The van der Waals surface area contributed by atoms with Crippen LogP contribution in [0.25, 0.3) is 0 Å². The Morgan fingerprint density at radius 2 is 1.34 bits per heavy atom. The molecule has 328 valence electrons. The summed E-state index contributed by atoms with van der Waals surface area (Å²) in [6, 6.07) is 0.450. The molecule has 0 aromatic carbocycles. The van der Waals surface area contributed by atoms with E-state index < -0.39 is 23.6 Å². The first-order chi connectivity index (χ1) is 26.5. The first-order valence-corrected chi connectivity index (χ1v) is 20.8. The second kappa shape index (κ2) is 20.8. The lowest BCUT2D eigenvalue weighted by Gasteiger charge is -2.47. The minimum Gasteiger partial charge on any atom is -0.462 e. The molecule has 0 aromatic heterocycles. The molecular weight excluding hydrogens is 741 g/mol. The lowest BCUT2D eigenvalue weighted by atomic mass is 9.61. The van der Waals surface area contributed by atoms with E-state index in [0.29, 0.717) is 39.3 Å². The Morgan fingerprint density at radius 3 is 1.90 bits per heavy atom. The third kappa shape index (κ3) is 11.3. The Balaban J connectivity index is 0.000000300. The fourth-order valence-corrected chi connectivity index (χ4v) is 9.69. The number of amides is 2. The minimum absolute atomic E-state index is 0. The van der Waals surface area contributed by atoms with Gasteiger partial charge in [-0.15, -0.1) is 0 Å². The van der Waals surface area contributed by atoms with Gasteiger partial charge in [-0.05, 0) is 99.6 Å². The molecule has 6 atom stereocenters. The normalized spacial score (nSPS) is 27.3. The first-order valence-electron chi connectivity index (χ1n) is 20.8. The van der Waals surface area contributed by atoms with E-state index >= 15 is 0 Å². The van der Waals surface area contributed by atoms with Gasteiger partial charge in [0.25, 0.3) is 0 Å². The van der Waals surface area contributed by atoms with Crippen LogP contribution in [-0.2, 0) is 47.6 Å². The average molecular weight is 815 g/mol. The van der Waals surface area contributed by atoms with Gasteiger partial charge in [0.15, 0.2) is 11.6 Å². The van der Waals surface area contributed by atoms with Gasteiger partial charge in [0, 0.05) is 67.9 Å². The van der Waals surface area contributed by atoms with Crippen molar-refractivity contribution in [2.45, 2.75) is 171 Å². The standard InChI is InChI=1S/2C22H33NO5.2CH4/c1-12(2)23(13(3)4)20(24)19-16-6-7-22(26-8-9-27-22)11-15(16)10-17-18(19)14(5)28-21(17)25;1-16(2)23(17(3)4)20(24)10-8-18(5)28-21(25)11-9-19-7-6-12-22(15-19)26-13-14-27-22;;/h10,12-14,16-19H,6-9,11H2,1-5H3;7-11,16-18H,6,12-15H2,1-5H3;2*1H4/b;10-8-,11-9+;;/t14?,16-,17-,18-,19+;;;/m1.../s1. The van der Waals surface area contributed by atoms with Crippen molar-refractivity contribution in [3.8, 4) is 0 Å². The highest BCUT2D eigenvalue weighted by Gasteiger charge is 2.57. The van der Waals surface area contributed by atoms with Gasteiger partial charge in [-0.1, -0.05) is 38.7 Å². The molecule has 2 spiro atoms. The smallest absolute Gasteiger partial charge is 0.331 e. The predicted octanol–water partition coefficient (Wildman–Crippen LogP) is 7.71. The quantitative estimate of drug-likeness (QED) is 0.123. The van der Waals surface area contributed by atoms with Crippen LogP contribution in [0.2, 0.25) is 0 Å². The summed E-state index contributed by atoms with van der Waals surface area (Å²) in [5.41, 5.74) is 2.15. The van der Waals surface area contributed by atoms with Gasteiger partial charge < -0.3 is 38.2 Å². The topological polar surface area (TPSA) is 130 Å². The Kier molecular flexibility index (Phi) is 17.6. The maximum atomic E-state index is 13.8. The van der Waals surface area contributed by atoms with Crippen molar-refractivity contribution in [3.05, 3.63) is 47.6 Å². The second-order valence-corrected chi connectivity index (χ2v) is 17.2. The molecule has 3 heterocycles. The Morgan fingerprint density at radius 1 is 0.793 bits per heavy atom. The number of carbonyl (C=O) groups excluding carboxylic acids is 4. The molecule has 3 saturated heterocycles. The zero-order valence-electron chi connectivity index (χ0n) is 35.3. The van der Waals surface area contributed by atoms with Gasteiger partial charge in [0.2, 0.25) is 11.8 Å². The van der Waals surface area contributed by atoms with E-state index in [4.69, 9.17) is 28.4 Å². The molecule has 58 heavy (non-hydrogen) atoms. The minimum atomic E-state index is -0.563. The number of nitrogens with zero attached hydrogens (tertiary/aromatic N) is 2. The zero-order chi connectivity index (χ0) is 40.9. The van der Waals surface area contributed by atoms with Crippen LogP contribution in [0.4, 0.5) is 0 Å². The summed E-state index contributed by atoms with van der Waals surface area (Å²) < 4.78 is 34.3. The van der Waals surface area contributed by atoms with Crippen molar-refractivity contribution in [2.24, 2.45) is 23.7 Å². The summed E-state index contributed by atoms with van der Waals surface area (Å²) in [5, 5.41) is 0. The molecule has 0 bridgehead atoms. The molecule has 2 amide bonds. The van der Waals surface area contributed by atoms with Crippen molar-refractivity contribution < 1.29 is 47.6 Å². The number of cyclic esters (lactones) is 1. The molecule has 6 aliphatic rings. The number of hydrogen-bond donors (Lipinski definition) is 0. The molecule has 3 aliphatic heterocycles. The summed E-state index contributed by atoms with van der Waals surface area (Å²) in [4.78, 5) is 54.5. The maximum absolute atomic E-state index is 13.8. The molecule has 0 aromatic rings. The SMILES string of the molecule is C.C.CC(/C=C\C(=O)N(C(C)C)C(C)C)OC(=O)/C=C/C1=CCCC2(C1)OCCO2.CC1OC(=O)[C@@H]2C=C3CC4(CC[C@H]3[C@H](C(=O)N(C(C)C)C(C)C)[C@H]12)OCCO4. The summed E-state index contributed by atoms with van der Waals surface area (Å²) in [6.45, 7) is 22.3. The van der Waals surface area contributed by atoms with Crippen molar-refractivity contribution in [3.63, 3.8) is 0 Å². The van der Waals surface area contributed by atoms with Crippen LogP contribution in [0, 0.1) is 23.7 Å². The van der Waals surface area contributed by atoms with Crippen LogP contribution < -0.4 is 0 Å². The lowest BCUT2D eigenvalue weighted by Crippen LogP contribution is -2.53. The molecular formula is C46H74N2O10. The molecule has 3 aliphatic carbocycles. The molecule has 0 radical (unpaired) electrons. The lowest BCUT2D eigenvalue weighted by molar-refractivity contribution is -0.177. The van der Waals surface area contributed by atoms with Gasteiger partial charge in [0.1, 0.15) is 12.2 Å². The van der Waals surface area contributed by atoms with E-state index in [-0.39, 0.29) is 86.6 Å². The number of carbonyl (C=O) groups is 4. The number of hydrogen-bond acceptors (Lipinski definition) is 10. The fourth-order valence-electron chi connectivity index (χ4n) is 9.69. The first kappa shape index (κ1) is 49.0. The van der Waals surface area contributed by atoms with Crippen molar-refractivity contribution in [2.75, 3.05) is 26.4 Å². The van der Waals surface area contributed by atoms with Gasteiger partial charge in [-0.3, -0.25) is 14.4 Å². The summed E-state index contributed by atoms with van der Waals surface area (Å²) >= 11 is 0. The van der Waals surface area contributed by atoms with Gasteiger partial charge in [0.05, 0.1) is 38.3 Å². The van der Waals surface area contributed by atoms with Crippen LogP contribution in [-0.4, -0.2) is 108 Å². The monoisotopic (exact) mass is 815 g/mol. The van der Waals surface area contributed by atoms with E-state index in [1.807, 2.05) is 39.5 Å².